The minimum absolute atomic E-state index is 0.995. The van der Waals surface area contributed by atoms with Gasteiger partial charge in [0.2, 0.25) is 0 Å². The number of piperidine rings is 2. The number of allylic oxidation sites excluding steroid dienone is 2. The molecule has 0 aromatic carbocycles. The maximum absolute atomic E-state index is 2.81. The number of rotatable bonds is 0. The molecule has 0 aromatic heterocycles. The fourth-order valence-electron chi connectivity index (χ4n) is 7.60. The third kappa shape index (κ3) is 16.1. The minimum atomic E-state index is 0.995. The van der Waals surface area contributed by atoms with E-state index in [1.165, 1.54) is 206 Å². The summed E-state index contributed by atoms with van der Waals surface area (Å²) in [6.45, 7) is 8.30. The third-order valence-electron chi connectivity index (χ3n) is 10.0. The zero-order valence-corrected chi connectivity index (χ0v) is 25.8. The van der Waals surface area contributed by atoms with E-state index in [0.717, 1.165) is 11.8 Å². The zero-order valence-electron chi connectivity index (χ0n) is 25.8. The van der Waals surface area contributed by atoms with Crippen LogP contribution in [0.15, 0.2) is 12.2 Å². The Morgan fingerprint density at radius 2 is 0.632 bits per heavy atom. The number of hydrogen-bond acceptors (Lipinski definition) is 2. The molecule has 222 valence electrons. The fourth-order valence-corrected chi connectivity index (χ4v) is 7.60. The van der Waals surface area contributed by atoms with Gasteiger partial charge in [-0.2, -0.15) is 0 Å². The molecule has 3 rings (SSSR count). The first-order valence-corrected chi connectivity index (χ1v) is 18.0. The summed E-state index contributed by atoms with van der Waals surface area (Å²) in [7, 11) is 0. The molecule has 0 aliphatic carbocycles. The van der Waals surface area contributed by atoms with Crippen molar-refractivity contribution >= 4 is 0 Å². The van der Waals surface area contributed by atoms with Crippen LogP contribution in [-0.4, -0.2) is 49.1 Å². The van der Waals surface area contributed by atoms with Crippen molar-refractivity contribution in [2.24, 2.45) is 11.8 Å². The van der Waals surface area contributed by atoms with Crippen LogP contribution in [0.3, 0.4) is 0 Å². The first-order chi connectivity index (χ1) is 18.9. The van der Waals surface area contributed by atoms with Crippen molar-refractivity contribution in [2.75, 3.05) is 39.3 Å². The zero-order chi connectivity index (χ0) is 26.4. The Balaban J connectivity index is 1.29. The maximum Gasteiger partial charge on any atom is 0.000966 e. The second kappa shape index (κ2) is 22.4. The molecular weight excluding hydrogens is 460 g/mol. The highest BCUT2D eigenvalue weighted by molar-refractivity contribution is 4.81. The lowest BCUT2D eigenvalue weighted by Gasteiger charge is -2.32. The molecule has 4 bridgehead atoms. The standard InChI is InChI=1S/C36H68N2/c1-2-5-9-13-17-21-29-37-31-24-28-36(34-37)26-20-16-12-8-4-6-10-14-18-22-30-38-32-23-27-35(33-38)25-19-15-11-7-3-1/h1-2,35-36H,3-34H2. The van der Waals surface area contributed by atoms with Crippen molar-refractivity contribution in [2.45, 2.75) is 167 Å². The average Bonchev–Trinajstić information content (AvgIpc) is 2.94. The molecule has 2 heteroatoms. The SMILES string of the molecule is C1=CCCCCCCN2CCCC(CCCCCCCCCCCCN3CCCC(CCCCCC1)C3)C2. The van der Waals surface area contributed by atoms with Gasteiger partial charge in [-0.3, -0.25) is 0 Å². The predicted molar refractivity (Wildman–Crippen MR) is 169 cm³/mol. The van der Waals surface area contributed by atoms with Crippen molar-refractivity contribution < 1.29 is 0 Å². The lowest BCUT2D eigenvalue weighted by atomic mass is 9.92. The van der Waals surface area contributed by atoms with Crippen LogP contribution >= 0.6 is 0 Å². The van der Waals surface area contributed by atoms with E-state index in [9.17, 15) is 0 Å². The highest BCUT2D eigenvalue weighted by Crippen LogP contribution is 2.24. The largest absolute Gasteiger partial charge is 0.303 e. The second-order valence-corrected chi connectivity index (χ2v) is 13.6. The molecule has 3 aliphatic heterocycles. The lowest BCUT2D eigenvalue weighted by Crippen LogP contribution is -2.36. The van der Waals surface area contributed by atoms with Crippen LogP contribution in [-0.2, 0) is 0 Å². The molecule has 4 unspecified atom stereocenters. The summed E-state index contributed by atoms with van der Waals surface area (Å²) in [5.74, 6) is 1.99. The molecule has 0 spiro atoms. The van der Waals surface area contributed by atoms with Crippen LogP contribution in [0, 0.1) is 11.8 Å². The van der Waals surface area contributed by atoms with E-state index in [2.05, 4.69) is 22.0 Å². The molecule has 3 heterocycles. The normalized spacial score (nSPS) is 32.4. The lowest BCUT2D eigenvalue weighted by molar-refractivity contribution is 0.163. The Hall–Kier alpha value is -0.340. The Labute approximate surface area is 239 Å². The highest BCUT2D eigenvalue weighted by Gasteiger charge is 2.20. The maximum atomic E-state index is 2.81. The van der Waals surface area contributed by atoms with E-state index in [-0.39, 0.29) is 0 Å². The van der Waals surface area contributed by atoms with Gasteiger partial charge < -0.3 is 9.80 Å². The van der Waals surface area contributed by atoms with Crippen molar-refractivity contribution in [1.29, 1.82) is 0 Å². The van der Waals surface area contributed by atoms with Crippen LogP contribution in [0.5, 0.6) is 0 Å². The Morgan fingerprint density at radius 1 is 0.316 bits per heavy atom. The smallest absolute Gasteiger partial charge is 0.000966 e. The molecule has 0 amide bonds. The first kappa shape index (κ1) is 32.2. The van der Waals surface area contributed by atoms with Crippen molar-refractivity contribution in [3.63, 3.8) is 0 Å². The molecule has 2 fully saturated rings. The summed E-state index contributed by atoms with van der Waals surface area (Å²) in [5, 5.41) is 0. The van der Waals surface area contributed by atoms with E-state index in [1.807, 2.05) is 0 Å². The summed E-state index contributed by atoms with van der Waals surface area (Å²) in [6, 6.07) is 0. The average molecular weight is 529 g/mol. The van der Waals surface area contributed by atoms with Crippen LogP contribution in [0.4, 0.5) is 0 Å². The molecule has 0 aromatic rings. The summed E-state index contributed by atoms with van der Waals surface area (Å²) in [5.41, 5.74) is 0. The van der Waals surface area contributed by atoms with Gasteiger partial charge in [-0.05, 0) is 115 Å². The van der Waals surface area contributed by atoms with Gasteiger partial charge >= 0.3 is 0 Å². The van der Waals surface area contributed by atoms with Crippen molar-refractivity contribution in [1.82, 2.24) is 9.80 Å². The minimum Gasteiger partial charge on any atom is -0.303 e. The number of fused-ring (bicyclic) bond motifs is 4. The fraction of sp³-hybridized carbons (Fsp3) is 0.944. The molecule has 2 saturated heterocycles. The Bertz CT molecular complexity index is 510. The van der Waals surface area contributed by atoms with Crippen LogP contribution < -0.4 is 0 Å². The van der Waals surface area contributed by atoms with E-state index in [1.54, 1.807) is 0 Å². The van der Waals surface area contributed by atoms with Crippen LogP contribution in [0.25, 0.3) is 0 Å². The van der Waals surface area contributed by atoms with Gasteiger partial charge in [0.1, 0.15) is 0 Å². The van der Waals surface area contributed by atoms with Crippen molar-refractivity contribution in [3.8, 4) is 0 Å². The molecular formula is C36H68N2. The monoisotopic (exact) mass is 529 g/mol. The molecule has 3 aliphatic rings. The molecule has 2 nitrogen and oxygen atoms in total. The first-order valence-electron chi connectivity index (χ1n) is 18.0. The Morgan fingerprint density at radius 3 is 1.08 bits per heavy atom. The van der Waals surface area contributed by atoms with Gasteiger partial charge in [-0.1, -0.05) is 102 Å². The number of nitrogens with zero attached hydrogens (tertiary/aromatic N) is 2. The van der Waals surface area contributed by atoms with Gasteiger partial charge in [0.25, 0.3) is 0 Å². The van der Waals surface area contributed by atoms with Gasteiger partial charge in [0.05, 0.1) is 0 Å². The summed E-state index contributed by atoms with van der Waals surface area (Å²) in [6.07, 6.45) is 42.8. The van der Waals surface area contributed by atoms with Gasteiger partial charge in [0.15, 0.2) is 0 Å². The summed E-state index contributed by atoms with van der Waals surface area (Å²) < 4.78 is 0. The van der Waals surface area contributed by atoms with E-state index >= 15 is 0 Å². The van der Waals surface area contributed by atoms with E-state index in [4.69, 9.17) is 0 Å². The van der Waals surface area contributed by atoms with Gasteiger partial charge in [-0.15, -0.1) is 0 Å². The highest BCUT2D eigenvalue weighted by atomic mass is 15.1. The summed E-state index contributed by atoms with van der Waals surface area (Å²) in [4.78, 5) is 5.62. The second-order valence-electron chi connectivity index (χ2n) is 13.6. The molecule has 0 saturated carbocycles. The quantitative estimate of drug-likeness (QED) is 0.288. The van der Waals surface area contributed by atoms with Crippen LogP contribution in [0.2, 0.25) is 0 Å². The van der Waals surface area contributed by atoms with Crippen LogP contribution in [0.1, 0.15) is 167 Å². The Kier molecular flexibility index (Phi) is 18.9. The molecule has 0 N–H and O–H groups in total. The van der Waals surface area contributed by atoms with E-state index < -0.39 is 0 Å². The van der Waals surface area contributed by atoms with Gasteiger partial charge in [-0.25, -0.2) is 0 Å². The number of hydrogen-bond donors (Lipinski definition) is 0. The molecule has 0 radical (unpaired) electrons. The van der Waals surface area contributed by atoms with E-state index in [0.29, 0.717) is 0 Å². The van der Waals surface area contributed by atoms with Gasteiger partial charge in [0, 0.05) is 13.1 Å². The predicted octanol–water partition coefficient (Wildman–Crippen LogP) is 10.6. The molecule has 4 atom stereocenters. The van der Waals surface area contributed by atoms with Crippen molar-refractivity contribution in [3.05, 3.63) is 12.2 Å². The third-order valence-corrected chi connectivity index (χ3v) is 10.0. The topological polar surface area (TPSA) is 6.48 Å². The molecule has 38 heavy (non-hydrogen) atoms. The summed E-state index contributed by atoms with van der Waals surface area (Å²) >= 11 is 0.